The number of carbonyl (C=O) groups excluding carboxylic acids is 1. The molecular formula is C10H16N4O2. The van der Waals surface area contributed by atoms with Crippen molar-refractivity contribution in [1.82, 2.24) is 9.97 Å². The minimum atomic E-state index is -0.243. The number of methoxy groups -OCH3 is 1. The molecule has 1 rings (SSSR count). The smallest absolute Gasteiger partial charge is 0.307 e. The lowest BCUT2D eigenvalue weighted by molar-refractivity contribution is -0.140. The molecule has 0 aromatic carbocycles. The molecule has 2 N–H and O–H groups in total. The molecule has 0 bridgehead atoms. The van der Waals surface area contributed by atoms with Crippen LogP contribution >= 0.6 is 0 Å². The third-order valence-corrected chi connectivity index (χ3v) is 2.04. The summed E-state index contributed by atoms with van der Waals surface area (Å²) in [5.41, 5.74) is 0.934. The molecule has 1 heterocycles. The average Bonchev–Trinajstić information content (AvgIpc) is 2.31. The van der Waals surface area contributed by atoms with Crippen molar-refractivity contribution in [2.75, 3.05) is 31.3 Å². The number of hydrogen-bond acceptors (Lipinski definition) is 6. The van der Waals surface area contributed by atoms with Gasteiger partial charge in [0.1, 0.15) is 5.82 Å². The molecule has 6 heteroatoms. The van der Waals surface area contributed by atoms with E-state index in [1.165, 1.54) is 7.11 Å². The summed E-state index contributed by atoms with van der Waals surface area (Å²) in [4.78, 5) is 19.2. The van der Waals surface area contributed by atoms with Crippen LogP contribution in [0.5, 0.6) is 0 Å². The van der Waals surface area contributed by atoms with E-state index in [1.54, 1.807) is 13.2 Å². The van der Waals surface area contributed by atoms with Gasteiger partial charge in [-0.1, -0.05) is 0 Å². The summed E-state index contributed by atoms with van der Waals surface area (Å²) in [5, 5.41) is 5.91. The summed E-state index contributed by atoms with van der Waals surface area (Å²) in [5.74, 6) is 1.03. The van der Waals surface area contributed by atoms with E-state index in [0.717, 1.165) is 11.4 Å². The third-order valence-electron chi connectivity index (χ3n) is 2.04. The zero-order valence-corrected chi connectivity index (χ0v) is 9.70. The van der Waals surface area contributed by atoms with Crippen molar-refractivity contribution in [3.63, 3.8) is 0 Å². The van der Waals surface area contributed by atoms with Gasteiger partial charge in [-0.15, -0.1) is 0 Å². The van der Waals surface area contributed by atoms with E-state index in [2.05, 4.69) is 25.3 Å². The average molecular weight is 224 g/mol. The number of rotatable bonds is 5. The van der Waals surface area contributed by atoms with Crippen LogP contribution in [0.15, 0.2) is 6.20 Å². The van der Waals surface area contributed by atoms with Crippen LogP contribution in [0.25, 0.3) is 0 Å². The van der Waals surface area contributed by atoms with Gasteiger partial charge < -0.3 is 15.4 Å². The van der Waals surface area contributed by atoms with Gasteiger partial charge in [-0.05, 0) is 6.92 Å². The Hall–Kier alpha value is -1.85. The lowest BCUT2D eigenvalue weighted by atomic mass is 10.3. The van der Waals surface area contributed by atoms with E-state index in [1.807, 2.05) is 6.92 Å². The minimum Gasteiger partial charge on any atom is -0.469 e. The molecule has 0 unspecified atom stereocenters. The molecule has 1 aromatic rings. The molecule has 0 amide bonds. The first kappa shape index (κ1) is 12.2. The monoisotopic (exact) mass is 224 g/mol. The predicted octanol–water partition coefficient (Wildman–Crippen LogP) is 0.802. The predicted molar refractivity (Wildman–Crippen MR) is 61.4 cm³/mol. The Morgan fingerprint density at radius 3 is 2.94 bits per heavy atom. The molecule has 0 aliphatic rings. The number of esters is 1. The summed E-state index contributed by atoms with van der Waals surface area (Å²) in [6.07, 6.45) is 2.04. The first-order valence-electron chi connectivity index (χ1n) is 4.99. The van der Waals surface area contributed by atoms with Gasteiger partial charge in [0.25, 0.3) is 0 Å². The molecule has 6 nitrogen and oxygen atoms in total. The summed E-state index contributed by atoms with van der Waals surface area (Å²) < 4.78 is 4.54. The molecule has 1 aromatic heterocycles. The van der Waals surface area contributed by atoms with Crippen LogP contribution in [0, 0.1) is 6.92 Å². The Morgan fingerprint density at radius 1 is 1.56 bits per heavy atom. The second-order valence-corrected chi connectivity index (χ2v) is 3.23. The minimum absolute atomic E-state index is 0.243. The number of nitrogens with zero attached hydrogens (tertiary/aromatic N) is 2. The lowest BCUT2D eigenvalue weighted by Crippen LogP contribution is -2.12. The molecule has 0 aliphatic carbocycles. The van der Waals surface area contributed by atoms with E-state index in [9.17, 15) is 4.79 Å². The van der Waals surface area contributed by atoms with Crippen LogP contribution < -0.4 is 10.6 Å². The van der Waals surface area contributed by atoms with Crippen molar-refractivity contribution in [2.24, 2.45) is 0 Å². The standard InChI is InChI=1S/C10H16N4O2/c1-7-6-13-10(11-2)14-9(7)12-5-4-8(15)16-3/h6H,4-5H2,1-3H3,(H2,11,12,13,14). The van der Waals surface area contributed by atoms with E-state index in [0.29, 0.717) is 18.9 Å². The van der Waals surface area contributed by atoms with Gasteiger partial charge >= 0.3 is 5.97 Å². The molecule has 88 valence electrons. The highest BCUT2D eigenvalue weighted by molar-refractivity contribution is 5.69. The molecule has 0 fully saturated rings. The first-order valence-corrected chi connectivity index (χ1v) is 4.99. The van der Waals surface area contributed by atoms with Gasteiger partial charge in [-0.3, -0.25) is 4.79 Å². The molecule has 0 spiro atoms. The fourth-order valence-corrected chi connectivity index (χ4v) is 1.13. The van der Waals surface area contributed by atoms with Crippen molar-refractivity contribution in [3.05, 3.63) is 11.8 Å². The van der Waals surface area contributed by atoms with Gasteiger partial charge in [0.15, 0.2) is 0 Å². The van der Waals surface area contributed by atoms with Gasteiger partial charge in [0, 0.05) is 25.4 Å². The van der Waals surface area contributed by atoms with Crippen LogP contribution in [0.4, 0.5) is 11.8 Å². The SMILES string of the molecule is CNc1ncc(C)c(NCCC(=O)OC)n1. The van der Waals surface area contributed by atoms with Crippen LogP contribution in [0.2, 0.25) is 0 Å². The molecular weight excluding hydrogens is 208 g/mol. The quantitative estimate of drug-likeness (QED) is 0.720. The number of aryl methyl sites for hydroxylation is 1. The van der Waals surface area contributed by atoms with Crippen molar-refractivity contribution >= 4 is 17.7 Å². The van der Waals surface area contributed by atoms with Crippen LogP contribution in [-0.4, -0.2) is 36.6 Å². The van der Waals surface area contributed by atoms with Crippen LogP contribution in [0.3, 0.4) is 0 Å². The highest BCUT2D eigenvalue weighted by atomic mass is 16.5. The number of ether oxygens (including phenoxy) is 1. The largest absolute Gasteiger partial charge is 0.469 e. The van der Waals surface area contributed by atoms with Gasteiger partial charge in [-0.2, -0.15) is 4.98 Å². The van der Waals surface area contributed by atoms with E-state index < -0.39 is 0 Å². The number of carbonyl (C=O) groups is 1. The Bertz CT molecular complexity index is 368. The molecule has 0 radical (unpaired) electrons. The molecule has 0 saturated heterocycles. The van der Waals surface area contributed by atoms with Crippen molar-refractivity contribution in [2.45, 2.75) is 13.3 Å². The van der Waals surface area contributed by atoms with Gasteiger partial charge in [-0.25, -0.2) is 4.98 Å². The Kier molecular flexibility index (Phi) is 4.50. The number of nitrogens with one attached hydrogen (secondary N) is 2. The van der Waals surface area contributed by atoms with Crippen LogP contribution in [0.1, 0.15) is 12.0 Å². The van der Waals surface area contributed by atoms with Crippen molar-refractivity contribution in [1.29, 1.82) is 0 Å². The highest BCUT2D eigenvalue weighted by Crippen LogP contribution is 2.11. The van der Waals surface area contributed by atoms with E-state index >= 15 is 0 Å². The normalized spacial score (nSPS) is 9.69. The summed E-state index contributed by atoms with van der Waals surface area (Å²) >= 11 is 0. The van der Waals surface area contributed by atoms with Crippen LogP contribution in [-0.2, 0) is 9.53 Å². The summed E-state index contributed by atoms with van der Waals surface area (Å²) in [7, 11) is 3.13. The number of aromatic nitrogens is 2. The van der Waals surface area contributed by atoms with Gasteiger partial charge in [0.2, 0.25) is 5.95 Å². The maximum absolute atomic E-state index is 10.9. The fourth-order valence-electron chi connectivity index (χ4n) is 1.13. The van der Waals surface area contributed by atoms with Crippen molar-refractivity contribution < 1.29 is 9.53 Å². The second kappa shape index (κ2) is 5.89. The highest BCUT2D eigenvalue weighted by Gasteiger charge is 2.04. The van der Waals surface area contributed by atoms with E-state index in [4.69, 9.17) is 0 Å². The summed E-state index contributed by atoms with van der Waals surface area (Å²) in [6, 6.07) is 0. The van der Waals surface area contributed by atoms with Crippen molar-refractivity contribution in [3.8, 4) is 0 Å². The maximum atomic E-state index is 10.9. The zero-order valence-electron chi connectivity index (χ0n) is 9.70. The molecule has 0 atom stereocenters. The first-order chi connectivity index (χ1) is 7.67. The Morgan fingerprint density at radius 2 is 2.31 bits per heavy atom. The Balaban J connectivity index is 2.55. The van der Waals surface area contributed by atoms with Gasteiger partial charge in [0.05, 0.1) is 13.5 Å². The third kappa shape index (κ3) is 3.38. The Labute approximate surface area is 94.4 Å². The molecule has 0 saturated carbocycles. The number of hydrogen-bond donors (Lipinski definition) is 2. The number of anilines is 2. The second-order valence-electron chi connectivity index (χ2n) is 3.23. The fraction of sp³-hybridized carbons (Fsp3) is 0.500. The van der Waals surface area contributed by atoms with E-state index in [-0.39, 0.29) is 5.97 Å². The topological polar surface area (TPSA) is 76.1 Å². The lowest BCUT2D eigenvalue weighted by Gasteiger charge is -2.08. The molecule has 0 aliphatic heterocycles. The maximum Gasteiger partial charge on any atom is 0.307 e. The molecule has 16 heavy (non-hydrogen) atoms. The summed E-state index contributed by atoms with van der Waals surface area (Å²) in [6.45, 7) is 2.40. The zero-order chi connectivity index (χ0) is 12.0.